The zero-order valence-corrected chi connectivity index (χ0v) is 10.3. The molecule has 1 heterocycles. The van der Waals surface area contributed by atoms with Gasteiger partial charge in [0.25, 0.3) is 0 Å². The highest BCUT2D eigenvalue weighted by Gasteiger charge is 2.16. The van der Waals surface area contributed by atoms with Gasteiger partial charge in [-0.25, -0.2) is 0 Å². The Balaban J connectivity index is 1.74. The van der Waals surface area contributed by atoms with Crippen LogP contribution in [0.2, 0.25) is 0 Å². The van der Waals surface area contributed by atoms with Crippen LogP contribution in [0.4, 0.5) is 0 Å². The summed E-state index contributed by atoms with van der Waals surface area (Å²) in [5.74, 6) is 0.532. The summed E-state index contributed by atoms with van der Waals surface area (Å²) in [6.45, 7) is 3.61. The Hall–Kier alpha value is -1.12. The maximum atomic E-state index is 9.07. The van der Waals surface area contributed by atoms with E-state index in [9.17, 15) is 0 Å². The fraction of sp³-hybridized carbons (Fsp3) is 0.467. The fourth-order valence-electron chi connectivity index (χ4n) is 2.25. The van der Waals surface area contributed by atoms with Crippen molar-refractivity contribution in [3.05, 3.63) is 42.0 Å². The number of aliphatic hydroxyl groups is 1. The first-order valence-corrected chi connectivity index (χ1v) is 6.43. The lowest BCUT2D eigenvalue weighted by atomic mass is 9.98. The number of hydrogen-bond donors (Lipinski definition) is 1. The summed E-state index contributed by atoms with van der Waals surface area (Å²) in [4.78, 5) is 2.45. The lowest BCUT2D eigenvalue weighted by Gasteiger charge is -2.30. The van der Waals surface area contributed by atoms with E-state index in [1.165, 1.54) is 5.56 Å². The minimum Gasteiger partial charge on any atom is -0.396 e. The lowest BCUT2D eigenvalue weighted by molar-refractivity contribution is 0.139. The molecule has 0 spiro atoms. The van der Waals surface area contributed by atoms with Gasteiger partial charge in [0.2, 0.25) is 0 Å². The second-order valence-electron chi connectivity index (χ2n) is 4.74. The zero-order chi connectivity index (χ0) is 11.9. The molecule has 1 aliphatic rings. The highest BCUT2D eigenvalue weighted by atomic mass is 16.3. The van der Waals surface area contributed by atoms with Gasteiger partial charge in [-0.15, -0.1) is 0 Å². The van der Waals surface area contributed by atoms with Crippen molar-refractivity contribution in [2.24, 2.45) is 5.92 Å². The van der Waals surface area contributed by atoms with Gasteiger partial charge in [-0.05, 0) is 37.4 Å². The molecule has 0 radical (unpaired) electrons. The molecule has 0 atom stereocenters. The molecule has 0 aliphatic carbocycles. The predicted octanol–water partition coefficient (Wildman–Crippen LogP) is 2.40. The molecule has 1 N–H and O–H groups in total. The van der Waals surface area contributed by atoms with Crippen LogP contribution in [0.25, 0.3) is 6.08 Å². The Morgan fingerprint density at radius 1 is 1.18 bits per heavy atom. The molecule has 0 aromatic heterocycles. The first kappa shape index (κ1) is 12.3. The average molecular weight is 231 g/mol. The van der Waals surface area contributed by atoms with Gasteiger partial charge in [0.1, 0.15) is 0 Å². The Morgan fingerprint density at radius 3 is 2.53 bits per heavy atom. The molecule has 2 nitrogen and oxygen atoms in total. The minimum absolute atomic E-state index is 0.355. The van der Waals surface area contributed by atoms with Gasteiger partial charge in [-0.2, -0.15) is 0 Å². The van der Waals surface area contributed by atoms with Gasteiger partial charge >= 0.3 is 0 Å². The Kier molecular flexibility index (Phi) is 4.77. The van der Waals surface area contributed by atoms with E-state index in [0.717, 1.165) is 32.5 Å². The van der Waals surface area contributed by atoms with Crippen LogP contribution in [0.5, 0.6) is 0 Å². The van der Waals surface area contributed by atoms with E-state index in [-0.39, 0.29) is 0 Å². The number of nitrogens with zero attached hydrogens (tertiary/aromatic N) is 1. The van der Waals surface area contributed by atoms with Gasteiger partial charge in [0.05, 0.1) is 0 Å². The molecule has 0 unspecified atom stereocenters. The number of piperidine rings is 1. The summed E-state index contributed by atoms with van der Waals surface area (Å²) in [7, 11) is 0. The van der Waals surface area contributed by atoms with Crippen LogP contribution in [0.1, 0.15) is 18.4 Å². The molecule has 0 saturated carbocycles. The topological polar surface area (TPSA) is 23.5 Å². The number of hydrogen-bond acceptors (Lipinski definition) is 2. The molecule has 0 amide bonds. The van der Waals surface area contributed by atoms with Gasteiger partial charge in [0.15, 0.2) is 0 Å². The molecule has 1 saturated heterocycles. The van der Waals surface area contributed by atoms with E-state index in [1.54, 1.807) is 0 Å². The van der Waals surface area contributed by atoms with Crippen molar-refractivity contribution < 1.29 is 5.11 Å². The van der Waals surface area contributed by atoms with Crippen LogP contribution in [0.3, 0.4) is 0 Å². The summed E-state index contributed by atoms with van der Waals surface area (Å²) >= 11 is 0. The summed E-state index contributed by atoms with van der Waals surface area (Å²) in [5, 5.41) is 9.07. The smallest absolute Gasteiger partial charge is 0.0460 e. The van der Waals surface area contributed by atoms with Crippen molar-refractivity contribution in [1.29, 1.82) is 0 Å². The standard InChI is InChI=1S/C15H21NO/c17-13-15-8-11-16(12-9-15)10-4-7-14-5-2-1-3-6-14/h1-7,15,17H,8-13H2. The predicted molar refractivity (Wildman–Crippen MR) is 71.7 cm³/mol. The largest absolute Gasteiger partial charge is 0.396 e. The van der Waals surface area contributed by atoms with Crippen LogP contribution >= 0.6 is 0 Å². The van der Waals surface area contributed by atoms with Gasteiger partial charge in [0, 0.05) is 13.2 Å². The number of rotatable bonds is 4. The van der Waals surface area contributed by atoms with Crippen molar-refractivity contribution >= 4 is 6.08 Å². The summed E-state index contributed by atoms with van der Waals surface area (Å²) in [6.07, 6.45) is 6.68. The molecule has 1 aliphatic heterocycles. The Morgan fingerprint density at radius 2 is 1.88 bits per heavy atom. The maximum Gasteiger partial charge on any atom is 0.0460 e. The fourth-order valence-corrected chi connectivity index (χ4v) is 2.25. The normalized spacial score (nSPS) is 18.9. The van der Waals surface area contributed by atoms with Crippen molar-refractivity contribution in [3.63, 3.8) is 0 Å². The number of benzene rings is 1. The maximum absolute atomic E-state index is 9.07. The third kappa shape index (κ3) is 3.99. The van der Waals surface area contributed by atoms with E-state index in [1.807, 2.05) is 6.07 Å². The molecule has 1 fully saturated rings. The molecule has 1 aromatic rings. The number of aliphatic hydroxyl groups excluding tert-OH is 1. The van der Waals surface area contributed by atoms with Crippen LogP contribution in [-0.4, -0.2) is 36.2 Å². The van der Waals surface area contributed by atoms with Crippen LogP contribution in [0, 0.1) is 5.92 Å². The van der Waals surface area contributed by atoms with Crippen molar-refractivity contribution in [2.45, 2.75) is 12.8 Å². The van der Waals surface area contributed by atoms with Gasteiger partial charge in [-0.3, -0.25) is 4.90 Å². The van der Waals surface area contributed by atoms with E-state index in [0.29, 0.717) is 12.5 Å². The average Bonchev–Trinajstić information content (AvgIpc) is 2.41. The molecule has 0 bridgehead atoms. The van der Waals surface area contributed by atoms with Gasteiger partial charge < -0.3 is 5.11 Å². The molecular weight excluding hydrogens is 210 g/mol. The summed E-state index contributed by atoms with van der Waals surface area (Å²) in [5.41, 5.74) is 1.26. The Bertz CT molecular complexity index is 339. The molecule has 92 valence electrons. The second-order valence-corrected chi connectivity index (χ2v) is 4.74. The number of likely N-dealkylation sites (tertiary alicyclic amines) is 1. The molecule has 2 heteroatoms. The lowest BCUT2D eigenvalue weighted by Crippen LogP contribution is -2.34. The summed E-state index contributed by atoms with van der Waals surface area (Å²) < 4.78 is 0. The van der Waals surface area contributed by atoms with E-state index < -0.39 is 0 Å². The van der Waals surface area contributed by atoms with E-state index in [4.69, 9.17) is 5.11 Å². The summed E-state index contributed by atoms with van der Waals surface area (Å²) in [6, 6.07) is 10.4. The SMILES string of the molecule is OCC1CCN(CC=Cc2ccccc2)CC1. The van der Waals surface area contributed by atoms with Crippen molar-refractivity contribution in [2.75, 3.05) is 26.2 Å². The van der Waals surface area contributed by atoms with Crippen LogP contribution in [0.15, 0.2) is 36.4 Å². The molecular formula is C15H21NO. The first-order valence-electron chi connectivity index (χ1n) is 6.43. The zero-order valence-electron chi connectivity index (χ0n) is 10.3. The quantitative estimate of drug-likeness (QED) is 0.860. The highest BCUT2D eigenvalue weighted by molar-refractivity contribution is 5.48. The monoisotopic (exact) mass is 231 g/mol. The molecule has 17 heavy (non-hydrogen) atoms. The highest BCUT2D eigenvalue weighted by Crippen LogP contribution is 2.16. The van der Waals surface area contributed by atoms with E-state index in [2.05, 4.69) is 41.3 Å². The second kappa shape index (κ2) is 6.58. The third-order valence-corrected chi connectivity index (χ3v) is 3.44. The molecule has 2 rings (SSSR count). The molecule has 1 aromatic carbocycles. The van der Waals surface area contributed by atoms with Crippen LogP contribution in [-0.2, 0) is 0 Å². The van der Waals surface area contributed by atoms with Crippen LogP contribution < -0.4 is 0 Å². The minimum atomic E-state index is 0.355. The Labute approximate surface area is 104 Å². The van der Waals surface area contributed by atoms with Gasteiger partial charge in [-0.1, -0.05) is 42.5 Å². The third-order valence-electron chi connectivity index (χ3n) is 3.44. The van der Waals surface area contributed by atoms with Crippen molar-refractivity contribution in [1.82, 2.24) is 4.90 Å². The first-order chi connectivity index (χ1) is 8.38. The van der Waals surface area contributed by atoms with E-state index >= 15 is 0 Å². The van der Waals surface area contributed by atoms with Crippen molar-refractivity contribution in [3.8, 4) is 0 Å².